The molecule has 2 unspecified atom stereocenters. The van der Waals surface area contributed by atoms with E-state index in [1.54, 1.807) is 6.07 Å². The number of hydrogen-bond donors (Lipinski definition) is 1. The van der Waals surface area contributed by atoms with E-state index >= 15 is 0 Å². The molecule has 2 rings (SSSR count). The predicted molar refractivity (Wildman–Crippen MR) is 66.2 cm³/mol. The zero-order valence-corrected chi connectivity index (χ0v) is 10.4. The fourth-order valence-corrected chi connectivity index (χ4v) is 2.25. The number of nitrogens with two attached hydrogens (primary N) is 1. The van der Waals surface area contributed by atoms with Crippen LogP contribution in [0.1, 0.15) is 36.9 Å². The molecular weight excluding hydrogens is 217 g/mol. The molecular formula is C14H20FNO. The van der Waals surface area contributed by atoms with Gasteiger partial charge in [-0.2, -0.15) is 0 Å². The normalized spacial score (nSPS) is 19.1. The number of hydrogen-bond acceptors (Lipinski definition) is 2. The average Bonchev–Trinajstić information content (AvgIpc) is 3.12. The average molecular weight is 237 g/mol. The van der Waals surface area contributed by atoms with Crippen LogP contribution >= 0.6 is 0 Å². The van der Waals surface area contributed by atoms with E-state index in [2.05, 4.69) is 0 Å². The third-order valence-corrected chi connectivity index (χ3v) is 3.31. The summed E-state index contributed by atoms with van der Waals surface area (Å²) in [6.45, 7) is 4.53. The third-order valence-electron chi connectivity index (χ3n) is 3.31. The molecule has 1 aliphatic rings. The molecule has 94 valence electrons. The Morgan fingerprint density at radius 1 is 1.47 bits per heavy atom. The minimum Gasteiger partial charge on any atom is -0.376 e. The summed E-state index contributed by atoms with van der Waals surface area (Å²) < 4.78 is 19.5. The predicted octanol–water partition coefficient (Wildman–Crippen LogP) is 2.95. The van der Waals surface area contributed by atoms with E-state index in [9.17, 15) is 4.39 Å². The van der Waals surface area contributed by atoms with Gasteiger partial charge in [0.1, 0.15) is 5.82 Å². The molecule has 1 fully saturated rings. The van der Waals surface area contributed by atoms with Gasteiger partial charge < -0.3 is 10.5 Å². The van der Waals surface area contributed by atoms with Crippen molar-refractivity contribution >= 4 is 0 Å². The highest BCUT2D eigenvalue weighted by Crippen LogP contribution is 2.39. The molecule has 2 atom stereocenters. The first-order valence-corrected chi connectivity index (χ1v) is 6.26. The lowest BCUT2D eigenvalue weighted by molar-refractivity contribution is 0.0275. The van der Waals surface area contributed by atoms with Crippen LogP contribution in [-0.4, -0.2) is 12.7 Å². The Hall–Kier alpha value is -0.930. The van der Waals surface area contributed by atoms with Gasteiger partial charge in [-0.15, -0.1) is 0 Å². The van der Waals surface area contributed by atoms with Gasteiger partial charge in [-0.05, 0) is 38.7 Å². The van der Waals surface area contributed by atoms with Crippen LogP contribution in [0.4, 0.5) is 4.39 Å². The Kier molecular flexibility index (Phi) is 3.79. The maximum Gasteiger partial charge on any atom is 0.128 e. The maximum absolute atomic E-state index is 13.8. The Balaban J connectivity index is 2.21. The molecule has 3 heteroatoms. The topological polar surface area (TPSA) is 35.2 Å². The van der Waals surface area contributed by atoms with Crippen molar-refractivity contribution < 1.29 is 9.13 Å². The van der Waals surface area contributed by atoms with Crippen LogP contribution in [0.5, 0.6) is 0 Å². The van der Waals surface area contributed by atoms with Crippen LogP contribution in [0, 0.1) is 18.7 Å². The van der Waals surface area contributed by atoms with E-state index in [4.69, 9.17) is 10.5 Å². The highest BCUT2D eigenvalue weighted by molar-refractivity contribution is 5.27. The van der Waals surface area contributed by atoms with Crippen molar-refractivity contribution in [1.82, 2.24) is 0 Å². The molecule has 0 radical (unpaired) electrons. The quantitative estimate of drug-likeness (QED) is 0.854. The maximum atomic E-state index is 13.8. The van der Waals surface area contributed by atoms with Gasteiger partial charge in [-0.3, -0.25) is 0 Å². The van der Waals surface area contributed by atoms with Crippen LogP contribution in [-0.2, 0) is 4.74 Å². The Bertz CT molecular complexity index is 390. The first-order valence-electron chi connectivity index (χ1n) is 6.26. The summed E-state index contributed by atoms with van der Waals surface area (Å²) in [5, 5.41) is 0. The Morgan fingerprint density at radius 3 is 2.76 bits per heavy atom. The van der Waals surface area contributed by atoms with Crippen LogP contribution < -0.4 is 5.73 Å². The van der Waals surface area contributed by atoms with Gasteiger partial charge in [0.2, 0.25) is 0 Å². The summed E-state index contributed by atoms with van der Waals surface area (Å²) in [6, 6.07) is 4.72. The summed E-state index contributed by atoms with van der Waals surface area (Å²) >= 11 is 0. The minimum atomic E-state index is -0.359. The zero-order valence-electron chi connectivity index (χ0n) is 10.4. The van der Waals surface area contributed by atoms with Gasteiger partial charge in [-0.25, -0.2) is 4.39 Å². The Labute approximate surface area is 102 Å². The summed E-state index contributed by atoms with van der Waals surface area (Å²) in [4.78, 5) is 0. The second-order valence-electron chi connectivity index (χ2n) is 4.81. The van der Waals surface area contributed by atoms with Gasteiger partial charge in [0.25, 0.3) is 0 Å². The fourth-order valence-electron chi connectivity index (χ4n) is 2.25. The van der Waals surface area contributed by atoms with E-state index in [1.807, 2.05) is 19.9 Å². The lowest BCUT2D eigenvalue weighted by Crippen LogP contribution is -2.31. The van der Waals surface area contributed by atoms with Crippen molar-refractivity contribution in [3.63, 3.8) is 0 Å². The van der Waals surface area contributed by atoms with E-state index in [0.29, 0.717) is 18.1 Å². The van der Waals surface area contributed by atoms with Crippen LogP contribution in [0.25, 0.3) is 0 Å². The molecule has 0 bridgehead atoms. The van der Waals surface area contributed by atoms with E-state index < -0.39 is 0 Å². The number of aryl methyl sites for hydroxylation is 1. The molecule has 0 spiro atoms. The van der Waals surface area contributed by atoms with Crippen molar-refractivity contribution in [2.24, 2.45) is 11.7 Å². The monoisotopic (exact) mass is 237 g/mol. The summed E-state index contributed by atoms with van der Waals surface area (Å²) in [5.74, 6) is 0.276. The van der Waals surface area contributed by atoms with Crippen LogP contribution in [0.15, 0.2) is 18.2 Å². The highest BCUT2D eigenvalue weighted by atomic mass is 19.1. The standard InChI is InChI=1S/C14H20FNO/c1-3-17-14(10-5-6-10)13(16)11-8-9(2)4-7-12(11)15/h4,7-8,10,13-14H,3,5-6,16H2,1-2H3. The summed E-state index contributed by atoms with van der Waals surface area (Å²) in [5.41, 5.74) is 7.78. The number of ether oxygens (including phenoxy) is 1. The lowest BCUT2D eigenvalue weighted by atomic mass is 9.97. The van der Waals surface area contributed by atoms with E-state index in [-0.39, 0.29) is 18.0 Å². The van der Waals surface area contributed by atoms with Crippen molar-refractivity contribution in [3.05, 3.63) is 35.1 Å². The smallest absolute Gasteiger partial charge is 0.128 e. The van der Waals surface area contributed by atoms with Gasteiger partial charge >= 0.3 is 0 Å². The molecule has 1 aromatic rings. The first-order chi connectivity index (χ1) is 8.13. The lowest BCUT2D eigenvalue weighted by Gasteiger charge is -2.24. The second kappa shape index (κ2) is 5.15. The second-order valence-corrected chi connectivity index (χ2v) is 4.81. The van der Waals surface area contributed by atoms with Gasteiger partial charge in [-0.1, -0.05) is 17.7 Å². The Morgan fingerprint density at radius 2 is 2.18 bits per heavy atom. The fraction of sp³-hybridized carbons (Fsp3) is 0.571. The molecule has 2 nitrogen and oxygen atoms in total. The van der Waals surface area contributed by atoms with Crippen molar-refractivity contribution in [1.29, 1.82) is 0 Å². The summed E-state index contributed by atoms with van der Waals surface area (Å²) in [7, 11) is 0. The van der Waals surface area contributed by atoms with E-state index in [0.717, 1.165) is 18.4 Å². The molecule has 2 N–H and O–H groups in total. The van der Waals surface area contributed by atoms with Crippen molar-refractivity contribution in [2.75, 3.05) is 6.61 Å². The minimum absolute atomic E-state index is 0.0451. The van der Waals surface area contributed by atoms with E-state index in [1.165, 1.54) is 6.07 Å². The van der Waals surface area contributed by atoms with Gasteiger partial charge in [0.15, 0.2) is 0 Å². The van der Waals surface area contributed by atoms with Gasteiger partial charge in [0, 0.05) is 12.2 Å². The number of rotatable bonds is 5. The number of halogens is 1. The molecule has 0 saturated heterocycles. The van der Waals surface area contributed by atoms with Gasteiger partial charge in [0.05, 0.1) is 12.1 Å². The third kappa shape index (κ3) is 2.85. The number of benzene rings is 1. The highest BCUT2D eigenvalue weighted by Gasteiger charge is 2.37. The molecule has 1 saturated carbocycles. The van der Waals surface area contributed by atoms with Crippen molar-refractivity contribution in [3.8, 4) is 0 Å². The molecule has 0 aromatic heterocycles. The van der Waals surface area contributed by atoms with Crippen LogP contribution in [0.2, 0.25) is 0 Å². The van der Waals surface area contributed by atoms with Crippen LogP contribution in [0.3, 0.4) is 0 Å². The molecule has 17 heavy (non-hydrogen) atoms. The molecule has 1 aliphatic carbocycles. The molecule has 0 amide bonds. The molecule has 0 heterocycles. The molecule has 0 aliphatic heterocycles. The largest absolute Gasteiger partial charge is 0.376 e. The molecule has 1 aromatic carbocycles. The summed E-state index contributed by atoms with van der Waals surface area (Å²) in [6.07, 6.45) is 2.24. The zero-order chi connectivity index (χ0) is 12.4. The van der Waals surface area contributed by atoms with Crippen molar-refractivity contribution in [2.45, 2.75) is 38.8 Å². The SMILES string of the molecule is CCOC(C1CC1)C(N)c1cc(C)ccc1F. The first kappa shape index (κ1) is 12.5.